The van der Waals surface area contributed by atoms with Gasteiger partial charge >= 0.3 is 0 Å². The zero-order chi connectivity index (χ0) is 13.1. The number of hydrogen-bond donors (Lipinski definition) is 2. The molecule has 0 unspecified atom stereocenters. The van der Waals surface area contributed by atoms with Gasteiger partial charge in [-0.2, -0.15) is 0 Å². The number of benzene rings is 1. The summed E-state index contributed by atoms with van der Waals surface area (Å²) in [6.07, 6.45) is 0. The molecule has 0 saturated carbocycles. The van der Waals surface area contributed by atoms with Gasteiger partial charge in [-0.05, 0) is 12.1 Å². The Morgan fingerprint density at radius 1 is 1.00 bits per heavy atom. The van der Waals surface area contributed by atoms with Crippen molar-refractivity contribution in [1.29, 1.82) is 0 Å². The van der Waals surface area contributed by atoms with Gasteiger partial charge in [-0.15, -0.1) is 0 Å². The van der Waals surface area contributed by atoms with Crippen LogP contribution in [0.4, 0.5) is 0 Å². The monoisotopic (exact) mass is 249 g/mol. The van der Waals surface area contributed by atoms with Crippen molar-refractivity contribution in [2.45, 2.75) is 6.54 Å². The number of aromatic hydroxyl groups is 2. The first-order chi connectivity index (χ1) is 8.65. The Bertz CT molecular complexity index is 528. The molecule has 0 fully saturated rings. The molecular formula is C13H15NO4. The Hall–Kier alpha value is -2.30. The highest BCUT2D eigenvalue weighted by atomic mass is 16.5. The van der Waals surface area contributed by atoms with Crippen molar-refractivity contribution in [3.8, 4) is 23.3 Å². The molecule has 0 atom stereocenters. The number of methoxy groups -OCH3 is 2. The number of ether oxygens (including phenoxy) is 2. The molecule has 1 aromatic heterocycles. The van der Waals surface area contributed by atoms with Gasteiger partial charge in [-0.25, -0.2) is 0 Å². The van der Waals surface area contributed by atoms with Crippen LogP contribution in [0.5, 0.6) is 23.3 Å². The first-order valence-corrected chi connectivity index (χ1v) is 5.44. The minimum Gasteiger partial charge on any atom is -0.497 e. The van der Waals surface area contributed by atoms with Gasteiger partial charge in [0.2, 0.25) is 0 Å². The Labute approximate surface area is 105 Å². The predicted octanol–water partition coefficient (Wildman–Crippen LogP) is 1.96. The first kappa shape index (κ1) is 12.2. The number of rotatable bonds is 4. The Morgan fingerprint density at radius 3 is 2.22 bits per heavy atom. The van der Waals surface area contributed by atoms with Crippen molar-refractivity contribution in [2.75, 3.05) is 14.2 Å². The van der Waals surface area contributed by atoms with Gasteiger partial charge in [0.15, 0.2) is 11.8 Å². The van der Waals surface area contributed by atoms with E-state index in [1.165, 1.54) is 16.7 Å². The Morgan fingerprint density at radius 2 is 1.67 bits per heavy atom. The molecule has 5 nitrogen and oxygen atoms in total. The maximum absolute atomic E-state index is 9.59. The van der Waals surface area contributed by atoms with Crippen LogP contribution in [0.25, 0.3) is 0 Å². The average Bonchev–Trinajstić information content (AvgIpc) is 2.71. The normalized spacial score (nSPS) is 10.3. The van der Waals surface area contributed by atoms with Crippen LogP contribution in [-0.4, -0.2) is 29.0 Å². The molecule has 0 aliphatic rings. The van der Waals surface area contributed by atoms with Gasteiger partial charge in [-0.1, -0.05) is 0 Å². The molecule has 5 heteroatoms. The largest absolute Gasteiger partial charge is 0.497 e. The molecule has 2 N–H and O–H groups in total. The van der Waals surface area contributed by atoms with Crippen molar-refractivity contribution in [3.63, 3.8) is 0 Å². The van der Waals surface area contributed by atoms with Crippen molar-refractivity contribution in [1.82, 2.24) is 4.57 Å². The highest BCUT2D eigenvalue weighted by Crippen LogP contribution is 2.29. The molecule has 96 valence electrons. The lowest BCUT2D eigenvalue weighted by Gasteiger charge is -2.12. The maximum atomic E-state index is 9.59. The minimum absolute atomic E-state index is 0.00497. The lowest BCUT2D eigenvalue weighted by atomic mass is 10.2. The lowest BCUT2D eigenvalue weighted by Crippen LogP contribution is -2.01. The summed E-state index contributed by atoms with van der Waals surface area (Å²) in [4.78, 5) is 0. The molecule has 2 aromatic rings. The second-order valence-corrected chi connectivity index (χ2v) is 3.81. The van der Waals surface area contributed by atoms with E-state index in [9.17, 15) is 10.2 Å². The molecule has 1 heterocycles. The van der Waals surface area contributed by atoms with E-state index >= 15 is 0 Å². The number of nitrogens with zero attached hydrogens (tertiary/aromatic N) is 1. The molecule has 0 amide bonds. The van der Waals surface area contributed by atoms with Crippen LogP contribution in [0.1, 0.15) is 5.56 Å². The summed E-state index contributed by atoms with van der Waals surface area (Å²) in [5.74, 6) is 1.34. The molecule has 1 aromatic carbocycles. The third-order valence-electron chi connectivity index (χ3n) is 2.76. The van der Waals surface area contributed by atoms with Crippen LogP contribution in [0.3, 0.4) is 0 Å². The molecule has 0 spiro atoms. The fourth-order valence-corrected chi connectivity index (χ4v) is 1.76. The van der Waals surface area contributed by atoms with Crippen LogP contribution >= 0.6 is 0 Å². The van der Waals surface area contributed by atoms with E-state index in [0.717, 1.165) is 5.56 Å². The summed E-state index contributed by atoms with van der Waals surface area (Å²) in [6, 6.07) is 8.26. The molecular weight excluding hydrogens is 234 g/mol. The predicted molar refractivity (Wildman–Crippen MR) is 66.4 cm³/mol. The molecule has 0 aliphatic carbocycles. The fraction of sp³-hybridized carbons (Fsp3) is 0.231. The third kappa shape index (κ3) is 2.20. The zero-order valence-corrected chi connectivity index (χ0v) is 10.3. The lowest BCUT2D eigenvalue weighted by molar-refractivity contribution is 0.369. The van der Waals surface area contributed by atoms with Gasteiger partial charge < -0.3 is 19.7 Å². The average molecular weight is 249 g/mol. The smallest absolute Gasteiger partial charge is 0.194 e. The van der Waals surface area contributed by atoms with Gasteiger partial charge in [0.1, 0.15) is 11.5 Å². The zero-order valence-electron chi connectivity index (χ0n) is 10.3. The quantitative estimate of drug-likeness (QED) is 0.869. The summed E-state index contributed by atoms with van der Waals surface area (Å²) < 4.78 is 11.7. The standard InChI is InChI=1S/C13H15NO4/c1-17-10-4-3-9(11(7-10)18-2)8-14-12(15)5-6-13(14)16/h3-7,15-16H,8H2,1-2H3. The third-order valence-corrected chi connectivity index (χ3v) is 2.76. The van der Waals surface area contributed by atoms with E-state index < -0.39 is 0 Å². The minimum atomic E-state index is 0.00497. The van der Waals surface area contributed by atoms with Gasteiger partial charge in [-0.3, -0.25) is 4.57 Å². The topological polar surface area (TPSA) is 63.9 Å². The Balaban J connectivity index is 2.34. The summed E-state index contributed by atoms with van der Waals surface area (Å²) in [5.41, 5.74) is 0.833. The SMILES string of the molecule is COc1ccc(Cn2c(O)ccc2O)c(OC)c1. The molecule has 0 bridgehead atoms. The molecule has 0 saturated heterocycles. The van der Waals surface area contributed by atoms with Crippen LogP contribution in [0.15, 0.2) is 30.3 Å². The fourth-order valence-electron chi connectivity index (χ4n) is 1.76. The van der Waals surface area contributed by atoms with Gasteiger partial charge in [0.25, 0.3) is 0 Å². The second-order valence-electron chi connectivity index (χ2n) is 3.81. The van der Waals surface area contributed by atoms with Crippen LogP contribution in [0, 0.1) is 0 Å². The van der Waals surface area contributed by atoms with Crippen molar-refractivity contribution in [2.24, 2.45) is 0 Å². The summed E-state index contributed by atoms with van der Waals surface area (Å²) in [6.45, 7) is 0.317. The van der Waals surface area contributed by atoms with E-state index in [-0.39, 0.29) is 11.8 Å². The second kappa shape index (κ2) is 4.91. The van der Waals surface area contributed by atoms with Crippen molar-refractivity contribution < 1.29 is 19.7 Å². The van der Waals surface area contributed by atoms with E-state index in [4.69, 9.17) is 9.47 Å². The van der Waals surface area contributed by atoms with Crippen molar-refractivity contribution in [3.05, 3.63) is 35.9 Å². The Kier molecular flexibility index (Phi) is 3.32. The molecule has 2 rings (SSSR count). The molecule has 0 aliphatic heterocycles. The van der Waals surface area contributed by atoms with E-state index in [1.54, 1.807) is 26.4 Å². The highest BCUT2D eigenvalue weighted by Gasteiger charge is 2.10. The molecule has 0 radical (unpaired) electrons. The van der Waals surface area contributed by atoms with E-state index in [2.05, 4.69) is 0 Å². The number of hydrogen-bond acceptors (Lipinski definition) is 4. The maximum Gasteiger partial charge on any atom is 0.194 e. The van der Waals surface area contributed by atoms with E-state index in [0.29, 0.717) is 18.0 Å². The van der Waals surface area contributed by atoms with Crippen LogP contribution in [-0.2, 0) is 6.54 Å². The number of aromatic nitrogens is 1. The van der Waals surface area contributed by atoms with Crippen molar-refractivity contribution >= 4 is 0 Å². The van der Waals surface area contributed by atoms with E-state index in [1.807, 2.05) is 6.07 Å². The van der Waals surface area contributed by atoms with Crippen LogP contribution < -0.4 is 9.47 Å². The molecule has 18 heavy (non-hydrogen) atoms. The first-order valence-electron chi connectivity index (χ1n) is 5.44. The summed E-state index contributed by atoms with van der Waals surface area (Å²) in [5, 5.41) is 19.2. The van der Waals surface area contributed by atoms with Gasteiger partial charge in [0.05, 0.1) is 20.8 Å². The van der Waals surface area contributed by atoms with Gasteiger partial charge in [0, 0.05) is 23.8 Å². The highest BCUT2D eigenvalue weighted by molar-refractivity contribution is 5.41. The summed E-state index contributed by atoms with van der Waals surface area (Å²) in [7, 11) is 3.14. The summed E-state index contributed by atoms with van der Waals surface area (Å²) >= 11 is 0. The van der Waals surface area contributed by atoms with Crippen LogP contribution in [0.2, 0.25) is 0 Å².